The molecule has 0 saturated carbocycles. The first-order valence-electron chi connectivity index (χ1n) is 12.2. The van der Waals surface area contributed by atoms with Crippen molar-refractivity contribution in [1.29, 1.82) is 0 Å². The number of piperidine rings is 1. The van der Waals surface area contributed by atoms with Crippen molar-refractivity contribution < 1.29 is 22.8 Å². The predicted molar refractivity (Wildman–Crippen MR) is 131 cm³/mol. The molecule has 0 aliphatic carbocycles. The van der Waals surface area contributed by atoms with Crippen molar-refractivity contribution in [2.75, 3.05) is 25.0 Å². The maximum atomic E-state index is 13.0. The number of allylic oxidation sites excluding steroid dienone is 2. The fourth-order valence-electron chi connectivity index (χ4n) is 4.52. The van der Waals surface area contributed by atoms with Crippen LogP contribution in [0.4, 0.5) is 19.0 Å². The Bertz CT molecular complexity index is 1010. The van der Waals surface area contributed by atoms with Crippen molar-refractivity contribution >= 4 is 17.6 Å². The average Bonchev–Trinajstić information content (AvgIpc) is 3.14. The summed E-state index contributed by atoms with van der Waals surface area (Å²) in [5.74, 6) is -1.11. The van der Waals surface area contributed by atoms with Crippen LogP contribution in [-0.2, 0) is 4.79 Å². The van der Waals surface area contributed by atoms with E-state index in [1.165, 1.54) is 11.1 Å². The lowest BCUT2D eigenvalue weighted by Crippen LogP contribution is -2.43. The summed E-state index contributed by atoms with van der Waals surface area (Å²) in [6, 6.07) is 2.86. The fourth-order valence-corrected chi connectivity index (χ4v) is 4.52. The molecule has 2 fully saturated rings. The number of halogens is 3. The molecule has 8 nitrogen and oxygen atoms in total. The zero-order valence-electron chi connectivity index (χ0n) is 20.9. The van der Waals surface area contributed by atoms with Crippen molar-refractivity contribution in [2.24, 2.45) is 22.8 Å². The van der Waals surface area contributed by atoms with Gasteiger partial charge in [-0.25, -0.2) is 4.98 Å². The van der Waals surface area contributed by atoms with E-state index in [0.717, 1.165) is 0 Å². The van der Waals surface area contributed by atoms with E-state index in [1.54, 1.807) is 23.1 Å². The second-order valence-electron chi connectivity index (χ2n) is 9.72. The van der Waals surface area contributed by atoms with Crippen LogP contribution in [0.3, 0.4) is 0 Å². The monoisotopic (exact) mass is 508 g/mol. The number of nitrogens with one attached hydrogen (secondary N) is 1. The maximum absolute atomic E-state index is 13.0. The van der Waals surface area contributed by atoms with Gasteiger partial charge in [0.25, 0.3) is 5.91 Å². The van der Waals surface area contributed by atoms with Crippen LogP contribution in [0.5, 0.6) is 0 Å². The standard InChI is InChI=1S/C25H35F3N6O2/c1-4-5-19(34-13-10-24(3,16(2)29)23(34)36)14-20(30)32-21-7-6-17(15-31-21)22(35)33-11-8-18(9-12-33)25(26,27)28/h5-7,14-16,18H,4,8-13,29-30H2,1-3H3,(H,31,32)/b19-5+,20-14+/t16?,24-/m1/s1. The zero-order valence-corrected chi connectivity index (χ0v) is 20.9. The van der Waals surface area contributed by atoms with Crippen LogP contribution in [0, 0.1) is 11.3 Å². The minimum atomic E-state index is -4.23. The van der Waals surface area contributed by atoms with Gasteiger partial charge in [-0.3, -0.25) is 9.59 Å². The molecule has 1 aromatic heterocycles. The Hall–Kier alpha value is -3.08. The molecule has 0 radical (unpaired) electrons. The summed E-state index contributed by atoms with van der Waals surface area (Å²) >= 11 is 0. The molecule has 2 amide bonds. The van der Waals surface area contributed by atoms with Crippen LogP contribution in [0.15, 0.2) is 42.0 Å². The van der Waals surface area contributed by atoms with Crippen LogP contribution < -0.4 is 16.8 Å². The average molecular weight is 509 g/mol. The van der Waals surface area contributed by atoms with Crippen LogP contribution in [0.2, 0.25) is 0 Å². The molecular weight excluding hydrogens is 473 g/mol. The Kier molecular flexibility index (Phi) is 8.33. The maximum Gasteiger partial charge on any atom is 0.391 e. The third-order valence-electron chi connectivity index (χ3n) is 7.15. The minimum Gasteiger partial charge on any atom is -0.385 e. The Morgan fingerprint density at radius 2 is 1.97 bits per heavy atom. The summed E-state index contributed by atoms with van der Waals surface area (Å²) in [5.41, 5.74) is 12.6. The molecule has 0 aromatic carbocycles. The Morgan fingerprint density at radius 3 is 2.47 bits per heavy atom. The zero-order chi connectivity index (χ0) is 26.7. The number of hydrogen-bond acceptors (Lipinski definition) is 6. The number of aromatic nitrogens is 1. The molecule has 11 heteroatoms. The predicted octanol–water partition coefficient (Wildman–Crippen LogP) is 3.59. The van der Waals surface area contributed by atoms with Crippen molar-refractivity contribution in [3.63, 3.8) is 0 Å². The van der Waals surface area contributed by atoms with Crippen molar-refractivity contribution in [2.45, 2.75) is 58.7 Å². The molecule has 198 valence electrons. The molecule has 3 heterocycles. The molecule has 0 bridgehead atoms. The van der Waals surface area contributed by atoms with E-state index in [0.29, 0.717) is 30.9 Å². The third kappa shape index (κ3) is 6.00. The molecule has 5 N–H and O–H groups in total. The van der Waals surface area contributed by atoms with Crippen molar-refractivity contribution in [1.82, 2.24) is 14.8 Å². The smallest absolute Gasteiger partial charge is 0.385 e. The van der Waals surface area contributed by atoms with Gasteiger partial charge in [0.2, 0.25) is 5.91 Å². The minimum absolute atomic E-state index is 0.0403. The summed E-state index contributed by atoms with van der Waals surface area (Å²) in [6.45, 7) is 6.33. The van der Waals surface area contributed by atoms with Gasteiger partial charge in [-0.05, 0) is 51.7 Å². The van der Waals surface area contributed by atoms with Gasteiger partial charge >= 0.3 is 6.18 Å². The number of pyridine rings is 1. The molecule has 2 saturated heterocycles. The quantitative estimate of drug-likeness (QED) is 0.485. The molecule has 1 aromatic rings. The van der Waals surface area contributed by atoms with Gasteiger partial charge in [0, 0.05) is 43.6 Å². The van der Waals surface area contributed by atoms with E-state index in [2.05, 4.69) is 10.3 Å². The van der Waals surface area contributed by atoms with Crippen molar-refractivity contribution in [3.8, 4) is 0 Å². The van der Waals surface area contributed by atoms with Crippen LogP contribution in [-0.4, -0.2) is 58.5 Å². The van der Waals surface area contributed by atoms with Crippen LogP contribution in [0.1, 0.15) is 56.8 Å². The lowest BCUT2D eigenvalue weighted by Gasteiger charge is -2.32. The number of amides is 2. The van der Waals surface area contributed by atoms with E-state index in [1.807, 2.05) is 26.8 Å². The highest BCUT2D eigenvalue weighted by Gasteiger charge is 2.46. The first kappa shape index (κ1) is 27.5. The molecule has 36 heavy (non-hydrogen) atoms. The normalized spacial score (nSPS) is 23.2. The Labute approximate surface area is 209 Å². The summed E-state index contributed by atoms with van der Waals surface area (Å²) in [6.07, 6.45) is 1.88. The largest absolute Gasteiger partial charge is 0.391 e. The molecule has 1 unspecified atom stereocenters. The molecule has 0 spiro atoms. The van der Waals surface area contributed by atoms with Crippen LogP contribution in [0.25, 0.3) is 0 Å². The lowest BCUT2D eigenvalue weighted by atomic mass is 9.82. The summed E-state index contributed by atoms with van der Waals surface area (Å²) in [4.78, 5) is 33.1. The topological polar surface area (TPSA) is 118 Å². The van der Waals surface area contributed by atoms with E-state index in [4.69, 9.17) is 11.5 Å². The summed E-state index contributed by atoms with van der Waals surface area (Å²) < 4.78 is 38.6. The van der Waals surface area contributed by atoms with Gasteiger partial charge in [-0.1, -0.05) is 13.0 Å². The number of rotatable bonds is 7. The second-order valence-corrected chi connectivity index (χ2v) is 9.72. The van der Waals surface area contributed by atoms with E-state index in [9.17, 15) is 22.8 Å². The summed E-state index contributed by atoms with van der Waals surface area (Å²) in [7, 11) is 0. The number of likely N-dealkylation sites (tertiary alicyclic amines) is 2. The van der Waals surface area contributed by atoms with E-state index >= 15 is 0 Å². The summed E-state index contributed by atoms with van der Waals surface area (Å²) in [5, 5.41) is 2.96. The van der Waals surface area contributed by atoms with E-state index in [-0.39, 0.29) is 55.2 Å². The molecule has 2 aliphatic rings. The third-order valence-corrected chi connectivity index (χ3v) is 7.15. The van der Waals surface area contributed by atoms with Crippen molar-refractivity contribution in [3.05, 3.63) is 47.6 Å². The highest BCUT2D eigenvalue weighted by molar-refractivity contribution is 5.94. The van der Waals surface area contributed by atoms with Gasteiger partial charge in [-0.2, -0.15) is 13.2 Å². The SMILES string of the molecule is CC/C=C(\C=C(/N)Nc1ccc(C(=O)N2CCC(C(F)(F)F)CC2)cn1)N1CC[C@](C)(C(C)N)C1=O. The molecule has 2 atom stereocenters. The van der Waals surface area contributed by atoms with Gasteiger partial charge in [0.05, 0.1) is 16.9 Å². The van der Waals surface area contributed by atoms with Gasteiger partial charge in [0.15, 0.2) is 0 Å². The number of alkyl halides is 3. The number of hydrogen-bond donors (Lipinski definition) is 3. The highest BCUT2D eigenvalue weighted by atomic mass is 19.4. The first-order valence-corrected chi connectivity index (χ1v) is 12.2. The van der Waals surface area contributed by atoms with Crippen LogP contribution >= 0.6 is 0 Å². The van der Waals surface area contributed by atoms with Gasteiger partial charge in [-0.15, -0.1) is 0 Å². The molecule has 3 rings (SSSR count). The van der Waals surface area contributed by atoms with Gasteiger partial charge < -0.3 is 26.6 Å². The second kappa shape index (κ2) is 10.9. The first-order chi connectivity index (χ1) is 16.9. The highest BCUT2D eigenvalue weighted by Crippen LogP contribution is 2.36. The molecular formula is C25H35F3N6O2. The number of carbonyl (C=O) groups is 2. The Morgan fingerprint density at radius 1 is 1.31 bits per heavy atom. The number of anilines is 1. The number of nitrogens with two attached hydrogens (primary N) is 2. The van der Waals surface area contributed by atoms with Gasteiger partial charge in [0.1, 0.15) is 11.6 Å². The fraction of sp³-hybridized carbons (Fsp3) is 0.560. The number of carbonyl (C=O) groups excluding carboxylic acids is 2. The Balaban J connectivity index is 1.64. The van der Waals surface area contributed by atoms with E-state index < -0.39 is 17.5 Å². The number of nitrogens with zero attached hydrogens (tertiary/aromatic N) is 3. The lowest BCUT2D eigenvalue weighted by molar-refractivity contribution is -0.183. The molecule has 2 aliphatic heterocycles.